The Morgan fingerprint density at radius 2 is 1.97 bits per heavy atom. The number of nitro groups is 1. The number of nitrogens with zero attached hydrogens (tertiary/aromatic N) is 3. The van der Waals surface area contributed by atoms with E-state index in [2.05, 4.69) is 10.3 Å². The first-order valence-electron chi connectivity index (χ1n) is 9.74. The largest absolute Gasteiger partial charge is 0.382 e. The van der Waals surface area contributed by atoms with Crippen molar-refractivity contribution in [2.24, 2.45) is 0 Å². The van der Waals surface area contributed by atoms with E-state index in [4.69, 9.17) is 4.74 Å². The van der Waals surface area contributed by atoms with Gasteiger partial charge in [-0.05, 0) is 37.6 Å². The molecule has 9 nitrogen and oxygen atoms in total. The summed E-state index contributed by atoms with van der Waals surface area (Å²) in [4.78, 5) is 40.1. The van der Waals surface area contributed by atoms with Crippen LogP contribution in [0.2, 0.25) is 0 Å². The number of non-ortho nitro benzene ring substituents is 1. The quantitative estimate of drug-likeness (QED) is 0.168. The van der Waals surface area contributed by atoms with Crippen LogP contribution in [-0.4, -0.2) is 39.3 Å². The Morgan fingerprint density at radius 1 is 1.23 bits per heavy atom. The third-order valence-corrected chi connectivity index (χ3v) is 5.37. The predicted molar refractivity (Wildman–Crippen MR) is 120 cm³/mol. The van der Waals surface area contributed by atoms with Crippen LogP contribution in [0.5, 0.6) is 0 Å². The molecule has 0 saturated heterocycles. The minimum Gasteiger partial charge on any atom is -0.382 e. The Bertz CT molecular complexity index is 1130. The van der Waals surface area contributed by atoms with E-state index in [1.807, 2.05) is 13.0 Å². The zero-order valence-corrected chi connectivity index (χ0v) is 17.8. The van der Waals surface area contributed by atoms with E-state index in [1.165, 1.54) is 36.0 Å². The number of ether oxygens (including phenoxy) is 1. The normalized spacial score (nSPS) is 10.9. The van der Waals surface area contributed by atoms with Crippen LogP contribution in [-0.2, 0) is 16.1 Å². The first kappa shape index (κ1) is 22.4. The molecule has 1 aromatic heterocycles. The highest BCUT2D eigenvalue weighted by atomic mass is 32.2. The Balaban J connectivity index is 1.73. The maximum Gasteiger partial charge on any atom is 0.269 e. The number of carbonyl (C=O) groups excluding carboxylic acids is 1. The summed E-state index contributed by atoms with van der Waals surface area (Å²) >= 11 is 1.17. The summed E-state index contributed by atoms with van der Waals surface area (Å²) in [5.74, 6) is -0.269. The summed E-state index contributed by atoms with van der Waals surface area (Å²) in [6, 6.07) is 12.7. The number of thioether (sulfide) groups is 1. The summed E-state index contributed by atoms with van der Waals surface area (Å²) in [6.45, 7) is 3.48. The van der Waals surface area contributed by atoms with Crippen LogP contribution >= 0.6 is 11.8 Å². The number of aromatic nitrogens is 2. The van der Waals surface area contributed by atoms with Crippen LogP contribution in [0.1, 0.15) is 13.3 Å². The molecule has 0 spiro atoms. The van der Waals surface area contributed by atoms with Crippen molar-refractivity contribution in [2.45, 2.75) is 25.0 Å². The molecule has 1 amide bonds. The fourth-order valence-electron chi connectivity index (χ4n) is 2.92. The Labute approximate surface area is 182 Å². The van der Waals surface area contributed by atoms with Crippen LogP contribution in [0.15, 0.2) is 58.5 Å². The van der Waals surface area contributed by atoms with Crippen molar-refractivity contribution >= 4 is 39.9 Å². The van der Waals surface area contributed by atoms with E-state index in [9.17, 15) is 19.7 Å². The van der Waals surface area contributed by atoms with Gasteiger partial charge in [0.05, 0.1) is 21.6 Å². The second-order valence-electron chi connectivity index (χ2n) is 6.56. The van der Waals surface area contributed by atoms with Crippen LogP contribution in [0.25, 0.3) is 10.9 Å². The zero-order chi connectivity index (χ0) is 22.2. The average molecular weight is 442 g/mol. The summed E-state index contributed by atoms with van der Waals surface area (Å²) in [7, 11) is 0. The predicted octanol–water partition coefficient (Wildman–Crippen LogP) is 3.46. The molecule has 0 bridgehead atoms. The summed E-state index contributed by atoms with van der Waals surface area (Å²) < 4.78 is 6.94. The van der Waals surface area contributed by atoms with E-state index in [0.717, 1.165) is 0 Å². The van der Waals surface area contributed by atoms with Crippen LogP contribution in [0.4, 0.5) is 11.4 Å². The highest BCUT2D eigenvalue weighted by Crippen LogP contribution is 2.20. The molecule has 3 rings (SSSR count). The van der Waals surface area contributed by atoms with Gasteiger partial charge in [-0.25, -0.2) is 4.98 Å². The van der Waals surface area contributed by atoms with Gasteiger partial charge >= 0.3 is 0 Å². The number of nitrogens with one attached hydrogen (secondary N) is 1. The molecule has 31 heavy (non-hydrogen) atoms. The highest BCUT2D eigenvalue weighted by molar-refractivity contribution is 7.99. The lowest BCUT2D eigenvalue weighted by Gasteiger charge is -2.13. The van der Waals surface area contributed by atoms with Gasteiger partial charge < -0.3 is 10.1 Å². The third kappa shape index (κ3) is 5.89. The fourth-order valence-corrected chi connectivity index (χ4v) is 3.74. The molecule has 0 aliphatic carbocycles. The lowest BCUT2D eigenvalue weighted by atomic mass is 10.2. The van der Waals surface area contributed by atoms with Crippen molar-refractivity contribution in [1.82, 2.24) is 9.55 Å². The number of fused-ring (bicyclic) bond motifs is 1. The number of rotatable bonds is 10. The molecule has 0 aliphatic heterocycles. The number of amides is 1. The van der Waals surface area contributed by atoms with Gasteiger partial charge in [-0.3, -0.25) is 24.3 Å². The number of carbonyl (C=O) groups is 1. The molecule has 2 aromatic carbocycles. The number of nitro benzene ring substituents is 1. The summed E-state index contributed by atoms with van der Waals surface area (Å²) in [5.41, 5.74) is 0.827. The van der Waals surface area contributed by atoms with Crippen molar-refractivity contribution in [3.63, 3.8) is 0 Å². The summed E-state index contributed by atoms with van der Waals surface area (Å²) in [5, 5.41) is 14.4. The number of benzene rings is 2. The zero-order valence-electron chi connectivity index (χ0n) is 16.9. The summed E-state index contributed by atoms with van der Waals surface area (Å²) in [6.07, 6.45) is 0.649. The van der Waals surface area contributed by atoms with E-state index in [-0.39, 0.29) is 22.9 Å². The number of para-hydroxylation sites is 1. The molecular formula is C21H22N4O5S. The number of anilines is 1. The minimum absolute atomic E-state index is 0.0349. The third-order valence-electron chi connectivity index (χ3n) is 4.40. The Hall–Kier alpha value is -3.24. The maximum absolute atomic E-state index is 12.9. The highest BCUT2D eigenvalue weighted by Gasteiger charge is 2.14. The topological polar surface area (TPSA) is 116 Å². The molecule has 10 heteroatoms. The number of hydrogen-bond donors (Lipinski definition) is 1. The minimum atomic E-state index is -0.502. The second kappa shape index (κ2) is 10.7. The van der Waals surface area contributed by atoms with Crippen molar-refractivity contribution in [2.75, 3.05) is 24.3 Å². The van der Waals surface area contributed by atoms with Gasteiger partial charge in [-0.1, -0.05) is 23.9 Å². The van der Waals surface area contributed by atoms with Gasteiger partial charge in [0.2, 0.25) is 5.91 Å². The molecule has 0 atom stereocenters. The lowest BCUT2D eigenvalue weighted by molar-refractivity contribution is -0.384. The molecule has 0 saturated carbocycles. The molecule has 0 aliphatic rings. The number of hydrogen-bond acceptors (Lipinski definition) is 7. The van der Waals surface area contributed by atoms with Crippen LogP contribution < -0.4 is 10.9 Å². The van der Waals surface area contributed by atoms with Crippen molar-refractivity contribution in [3.05, 3.63) is 69.0 Å². The monoisotopic (exact) mass is 442 g/mol. The molecule has 3 aromatic rings. The Kier molecular flexibility index (Phi) is 7.74. The standard InChI is InChI=1S/C21H22N4O5S/c1-2-30-13-5-12-24-20(27)17-6-3-4-7-18(17)23-21(24)31-14-19(26)22-15-8-10-16(11-9-15)25(28)29/h3-4,6-11H,2,5,12-14H2,1H3,(H,22,26). The van der Waals surface area contributed by atoms with Crippen molar-refractivity contribution < 1.29 is 14.5 Å². The smallest absolute Gasteiger partial charge is 0.269 e. The molecule has 162 valence electrons. The van der Waals surface area contributed by atoms with Gasteiger partial charge in [-0.2, -0.15) is 0 Å². The van der Waals surface area contributed by atoms with E-state index in [1.54, 1.807) is 22.8 Å². The molecule has 1 N–H and O–H groups in total. The molecule has 1 heterocycles. The maximum atomic E-state index is 12.9. The first-order valence-corrected chi connectivity index (χ1v) is 10.7. The van der Waals surface area contributed by atoms with Gasteiger partial charge in [-0.15, -0.1) is 0 Å². The SMILES string of the molecule is CCOCCCn1c(SCC(=O)Nc2ccc([N+](=O)[O-])cc2)nc2ccccc2c1=O. The lowest BCUT2D eigenvalue weighted by Crippen LogP contribution is -2.25. The molecule has 0 radical (unpaired) electrons. The fraction of sp³-hybridized carbons (Fsp3) is 0.286. The Morgan fingerprint density at radius 3 is 2.68 bits per heavy atom. The molecule has 0 unspecified atom stereocenters. The van der Waals surface area contributed by atoms with Crippen LogP contribution in [0.3, 0.4) is 0 Å². The van der Waals surface area contributed by atoms with Gasteiger partial charge in [0.1, 0.15) is 0 Å². The average Bonchev–Trinajstić information content (AvgIpc) is 2.77. The van der Waals surface area contributed by atoms with E-state index < -0.39 is 4.92 Å². The molecular weight excluding hydrogens is 420 g/mol. The van der Waals surface area contributed by atoms with E-state index in [0.29, 0.717) is 47.9 Å². The van der Waals surface area contributed by atoms with Gasteiger partial charge in [0.25, 0.3) is 11.2 Å². The van der Waals surface area contributed by atoms with Crippen molar-refractivity contribution in [1.29, 1.82) is 0 Å². The second-order valence-corrected chi connectivity index (χ2v) is 7.50. The molecule has 0 fully saturated rings. The van der Waals surface area contributed by atoms with Gasteiger partial charge in [0, 0.05) is 37.6 Å². The van der Waals surface area contributed by atoms with Gasteiger partial charge in [0.15, 0.2) is 5.16 Å². The van der Waals surface area contributed by atoms with E-state index >= 15 is 0 Å². The van der Waals surface area contributed by atoms with Crippen molar-refractivity contribution in [3.8, 4) is 0 Å². The van der Waals surface area contributed by atoms with Crippen LogP contribution in [0, 0.1) is 10.1 Å². The first-order chi connectivity index (χ1) is 15.0.